The molecule has 0 radical (unpaired) electrons. The summed E-state index contributed by atoms with van der Waals surface area (Å²) in [7, 11) is 0. The minimum Gasteiger partial charge on any atom is -0.354 e. The second-order valence-electron chi connectivity index (χ2n) is 16.7. The molecule has 8 aromatic carbocycles. The number of benzene rings is 8. The smallest absolute Gasteiger partial charge is 0.0544 e. The van der Waals surface area contributed by atoms with E-state index in [-0.39, 0.29) is 10.8 Å². The van der Waals surface area contributed by atoms with Gasteiger partial charge in [-0.25, -0.2) is 0 Å². The fraction of sp³-hybridized carbons (Fsp3) is 0.111. The Balaban J connectivity index is 1.05. The topological polar surface area (TPSA) is 19.0 Å². The molecule has 2 nitrogen and oxygen atoms in total. The molecule has 1 heterocycles. The zero-order valence-electron chi connectivity index (χ0n) is 32.2. The number of hydrogen-bond donors (Lipinski definition) is 1. The third-order valence-corrected chi connectivity index (χ3v) is 12.8. The van der Waals surface area contributed by atoms with E-state index in [2.05, 4.69) is 214 Å². The van der Waals surface area contributed by atoms with Crippen molar-refractivity contribution in [3.05, 3.63) is 198 Å². The van der Waals surface area contributed by atoms with Gasteiger partial charge in [-0.05, 0) is 110 Å². The van der Waals surface area contributed by atoms with E-state index >= 15 is 0 Å². The minimum absolute atomic E-state index is 0.0521. The van der Waals surface area contributed by atoms with Crippen LogP contribution in [0.15, 0.2) is 176 Å². The van der Waals surface area contributed by atoms with Crippen molar-refractivity contribution in [3.63, 3.8) is 0 Å². The SMILES string of the molecule is CC1(C)c2ccccc2-c2ccc(-c3cccc4c3[nH]c3ccc(N(c5ccc(-c6ccccc6)cc5)c5ccc6c(c5)C(C)(C)c5ccccc5-6)cc34)cc21. The average Bonchev–Trinajstić information content (AvgIpc) is 3.81. The van der Waals surface area contributed by atoms with E-state index in [9.17, 15) is 0 Å². The van der Waals surface area contributed by atoms with Gasteiger partial charge in [0, 0.05) is 49.7 Å². The van der Waals surface area contributed by atoms with Gasteiger partial charge in [0.2, 0.25) is 0 Å². The number of H-pyrrole nitrogens is 1. The van der Waals surface area contributed by atoms with E-state index in [0.29, 0.717) is 0 Å². The Bertz CT molecular complexity index is 3020. The van der Waals surface area contributed by atoms with Crippen LogP contribution in [0, 0.1) is 0 Å². The number of para-hydroxylation sites is 1. The fourth-order valence-electron chi connectivity index (χ4n) is 9.87. The highest BCUT2D eigenvalue weighted by Gasteiger charge is 2.37. The quantitative estimate of drug-likeness (QED) is 0.188. The highest BCUT2D eigenvalue weighted by atomic mass is 15.1. The first kappa shape index (κ1) is 32.8. The standard InChI is InChI=1S/C54H42N2/c1-53(2)47-19-10-8-15-41(47)43-28-23-36(31-49(43)53)40-17-12-18-45-46-32-38(27-30-51(46)55-52(40)45)56(37-24-21-35(22-25-37)34-13-6-5-7-14-34)39-26-29-44-42-16-9-11-20-48(42)54(3,4)50(44)33-39/h5-33,55H,1-4H3. The molecule has 0 aliphatic heterocycles. The largest absolute Gasteiger partial charge is 0.354 e. The number of nitrogens with zero attached hydrogens (tertiary/aromatic N) is 1. The van der Waals surface area contributed by atoms with Crippen LogP contribution in [0.3, 0.4) is 0 Å². The van der Waals surface area contributed by atoms with Crippen molar-refractivity contribution < 1.29 is 0 Å². The molecule has 0 bridgehead atoms. The molecule has 0 fully saturated rings. The number of aromatic nitrogens is 1. The zero-order chi connectivity index (χ0) is 37.8. The first-order chi connectivity index (χ1) is 27.3. The van der Waals surface area contributed by atoms with E-state index in [4.69, 9.17) is 0 Å². The first-order valence-electron chi connectivity index (χ1n) is 19.8. The van der Waals surface area contributed by atoms with Gasteiger partial charge in [-0.15, -0.1) is 0 Å². The molecule has 2 heteroatoms. The van der Waals surface area contributed by atoms with Crippen LogP contribution in [0.4, 0.5) is 17.1 Å². The predicted molar refractivity (Wildman–Crippen MR) is 236 cm³/mol. The van der Waals surface area contributed by atoms with Gasteiger partial charge in [-0.2, -0.15) is 0 Å². The Morgan fingerprint density at radius 2 is 0.875 bits per heavy atom. The second-order valence-corrected chi connectivity index (χ2v) is 16.7. The molecule has 0 saturated carbocycles. The van der Waals surface area contributed by atoms with Gasteiger partial charge in [0.05, 0.1) is 5.52 Å². The molecular weight excluding hydrogens is 677 g/mol. The third-order valence-electron chi connectivity index (χ3n) is 12.8. The maximum absolute atomic E-state index is 3.86. The maximum Gasteiger partial charge on any atom is 0.0544 e. The third kappa shape index (κ3) is 4.75. The van der Waals surface area contributed by atoms with Crippen LogP contribution in [0.2, 0.25) is 0 Å². The predicted octanol–water partition coefficient (Wildman–Crippen LogP) is 14.7. The molecule has 0 unspecified atom stereocenters. The molecule has 0 amide bonds. The summed E-state index contributed by atoms with van der Waals surface area (Å²) < 4.78 is 0. The van der Waals surface area contributed by atoms with E-state index in [1.54, 1.807) is 0 Å². The van der Waals surface area contributed by atoms with Crippen LogP contribution in [0.25, 0.3) is 66.3 Å². The highest BCUT2D eigenvalue weighted by Crippen LogP contribution is 2.52. The fourth-order valence-corrected chi connectivity index (χ4v) is 9.87. The van der Waals surface area contributed by atoms with Crippen molar-refractivity contribution in [2.45, 2.75) is 38.5 Å². The second kappa shape index (κ2) is 11.9. The maximum atomic E-state index is 3.86. The Morgan fingerprint density at radius 1 is 0.357 bits per heavy atom. The lowest BCUT2D eigenvalue weighted by atomic mass is 9.81. The van der Waals surface area contributed by atoms with Crippen LogP contribution in [-0.2, 0) is 10.8 Å². The molecule has 1 aromatic heterocycles. The molecule has 268 valence electrons. The zero-order valence-corrected chi connectivity index (χ0v) is 32.2. The number of rotatable bonds is 5. The van der Waals surface area contributed by atoms with Crippen molar-refractivity contribution in [3.8, 4) is 44.5 Å². The van der Waals surface area contributed by atoms with Crippen LogP contribution in [0.5, 0.6) is 0 Å². The lowest BCUT2D eigenvalue weighted by Gasteiger charge is -2.28. The number of aromatic amines is 1. The number of fused-ring (bicyclic) bond motifs is 9. The van der Waals surface area contributed by atoms with Crippen molar-refractivity contribution in [2.24, 2.45) is 0 Å². The van der Waals surface area contributed by atoms with Gasteiger partial charge in [-0.1, -0.05) is 155 Å². The van der Waals surface area contributed by atoms with Gasteiger partial charge in [0.25, 0.3) is 0 Å². The summed E-state index contributed by atoms with van der Waals surface area (Å²) in [5.41, 5.74) is 21.3. The molecule has 56 heavy (non-hydrogen) atoms. The van der Waals surface area contributed by atoms with Crippen molar-refractivity contribution in [2.75, 3.05) is 4.90 Å². The molecule has 0 spiro atoms. The van der Waals surface area contributed by atoms with Crippen molar-refractivity contribution in [1.82, 2.24) is 4.98 Å². The summed E-state index contributed by atoms with van der Waals surface area (Å²) >= 11 is 0. The molecule has 0 atom stereocenters. The summed E-state index contributed by atoms with van der Waals surface area (Å²) in [4.78, 5) is 6.29. The van der Waals surface area contributed by atoms with Gasteiger partial charge in [0.15, 0.2) is 0 Å². The molecule has 2 aliphatic rings. The average molecular weight is 719 g/mol. The summed E-state index contributed by atoms with van der Waals surface area (Å²) in [6, 6.07) is 65.2. The van der Waals surface area contributed by atoms with Crippen LogP contribution in [0.1, 0.15) is 49.9 Å². The summed E-state index contributed by atoms with van der Waals surface area (Å²) in [6.45, 7) is 9.43. The number of hydrogen-bond acceptors (Lipinski definition) is 1. The number of anilines is 3. The summed E-state index contributed by atoms with van der Waals surface area (Å²) in [5, 5.41) is 2.44. The molecular formula is C54H42N2. The summed E-state index contributed by atoms with van der Waals surface area (Å²) in [6.07, 6.45) is 0. The Hall–Kier alpha value is -6.64. The Labute approximate surface area is 328 Å². The van der Waals surface area contributed by atoms with Gasteiger partial charge < -0.3 is 9.88 Å². The summed E-state index contributed by atoms with van der Waals surface area (Å²) in [5.74, 6) is 0. The lowest BCUT2D eigenvalue weighted by Crippen LogP contribution is -2.16. The van der Waals surface area contributed by atoms with Crippen molar-refractivity contribution in [1.29, 1.82) is 0 Å². The minimum atomic E-state index is -0.0997. The molecule has 2 aliphatic carbocycles. The van der Waals surface area contributed by atoms with E-state index in [1.807, 2.05) is 0 Å². The van der Waals surface area contributed by atoms with E-state index < -0.39 is 0 Å². The van der Waals surface area contributed by atoms with E-state index in [0.717, 1.165) is 22.6 Å². The Morgan fingerprint density at radius 3 is 1.59 bits per heavy atom. The molecule has 0 saturated heterocycles. The van der Waals surface area contributed by atoms with Crippen LogP contribution < -0.4 is 4.90 Å². The van der Waals surface area contributed by atoms with Crippen molar-refractivity contribution >= 4 is 38.9 Å². The van der Waals surface area contributed by atoms with Gasteiger partial charge in [-0.3, -0.25) is 0 Å². The van der Waals surface area contributed by atoms with Gasteiger partial charge in [0.1, 0.15) is 0 Å². The normalized spacial score (nSPS) is 14.4. The molecule has 1 N–H and O–H groups in total. The monoisotopic (exact) mass is 718 g/mol. The Kier molecular flexibility index (Phi) is 6.98. The van der Waals surface area contributed by atoms with Crippen LogP contribution >= 0.6 is 0 Å². The highest BCUT2D eigenvalue weighted by molar-refractivity contribution is 6.13. The van der Waals surface area contributed by atoms with Crippen LogP contribution in [-0.4, -0.2) is 4.98 Å². The van der Waals surface area contributed by atoms with Gasteiger partial charge >= 0.3 is 0 Å². The molecule has 11 rings (SSSR count). The molecule has 9 aromatic rings. The lowest BCUT2D eigenvalue weighted by molar-refractivity contribution is 0.660. The number of nitrogens with one attached hydrogen (secondary N) is 1. The first-order valence-corrected chi connectivity index (χ1v) is 19.8. The van der Waals surface area contributed by atoms with E-state index in [1.165, 1.54) is 83.1 Å².